The molecule has 8 heteroatoms. The van der Waals surface area contributed by atoms with Crippen molar-refractivity contribution in [2.75, 3.05) is 21.2 Å². The lowest BCUT2D eigenvalue weighted by atomic mass is 9.81. The van der Waals surface area contributed by atoms with Crippen LogP contribution < -0.4 is 19.6 Å². The number of aromatic nitrogens is 1. The van der Waals surface area contributed by atoms with Crippen molar-refractivity contribution in [3.63, 3.8) is 0 Å². The van der Waals surface area contributed by atoms with Gasteiger partial charge < -0.3 is 14.4 Å². The third-order valence-corrected chi connectivity index (χ3v) is 5.68. The number of rotatable bonds is 2. The number of hydrogen-bond acceptors (Lipinski definition) is 7. The summed E-state index contributed by atoms with van der Waals surface area (Å²) in [5.41, 5.74) is -0.508. The topological polar surface area (TPSA) is 73.1 Å². The fraction of sp³-hybridized carbons (Fsp3) is 0.389. The maximum atomic E-state index is 13.1. The van der Waals surface area contributed by atoms with Crippen molar-refractivity contribution in [1.29, 1.82) is 0 Å². The van der Waals surface area contributed by atoms with Gasteiger partial charge in [-0.15, -0.1) is 0 Å². The molecule has 1 aromatic carbocycles. The minimum absolute atomic E-state index is 0.167. The average molecular weight is 373 g/mol. The Hall–Kier alpha value is -2.61. The molecule has 3 atom stereocenters. The third kappa shape index (κ3) is 2.28. The van der Waals surface area contributed by atoms with E-state index in [1.165, 1.54) is 18.4 Å². The van der Waals surface area contributed by atoms with Crippen LogP contribution in [0.5, 0.6) is 5.75 Å². The van der Waals surface area contributed by atoms with E-state index in [0.717, 1.165) is 5.56 Å². The summed E-state index contributed by atoms with van der Waals surface area (Å²) in [6, 6.07) is 6.93. The monoisotopic (exact) mass is 373 g/mol. The van der Waals surface area contributed by atoms with E-state index in [1.54, 1.807) is 17.7 Å². The van der Waals surface area contributed by atoms with Crippen LogP contribution >= 0.6 is 11.3 Å². The molecule has 2 aliphatic rings. The van der Waals surface area contributed by atoms with Gasteiger partial charge in [-0.2, -0.15) is 0 Å². The molecule has 2 aliphatic heterocycles. The Bertz CT molecular complexity index is 1070. The van der Waals surface area contributed by atoms with Gasteiger partial charge in [0.1, 0.15) is 16.2 Å². The van der Waals surface area contributed by atoms with Crippen LogP contribution in [0.3, 0.4) is 0 Å². The number of fused-ring (bicyclic) bond motifs is 6. The van der Waals surface area contributed by atoms with E-state index >= 15 is 0 Å². The average Bonchev–Trinajstić information content (AvgIpc) is 2.87. The van der Waals surface area contributed by atoms with Gasteiger partial charge in [-0.3, -0.25) is 14.2 Å². The molecular formula is C18H19N3O4S. The van der Waals surface area contributed by atoms with Crippen LogP contribution in [0.2, 0.25) is 0 Å². The molecule has 0 amide bonds. The number of hydrogen-bond donors (Lipinski definition) is 0. The SMILES string of the molecule is COC(=O)C1C2c3ccccc3OC1(C)N=c1sc(=CN(C)C)c(=O)n12. The third-order valence-electron chi connectivity index (χ3n) is 4.71. The van der Waals surface area contributed by atoms with Crippen LogP contribution in [-0.4, -0.2) is 42.4 Å². The molecule has 4 rings (SSSR count). The minimum atomic E-state index is -1.13. The molecule has 1 aromatic heterocycles. The largest absolute Gasteiger partial charge is 0.469 e. The zero-order valence-corrected chi connectivity index (χ0v) is 15.7. The Morgan fingerprint density at radius 1 is 1.42 bits per heavy atom. The maximum Gasteiger partial charge on any atom is 0.317 e. The summed E-state index contributed by atoms with van der Waals surface area (Å²) < 4.78 is 13.3. The predicted molar refractivity (Wildman–Crippen MR) is 96.6 cm³/mol. The Morgan fingerprint density at radius 3 is 2.85 bits per heavy atom. The molecule has 0 radical (unpaired) electrons. The van der Waals surface area contributed by atoms with Crippen molar-refractivity contribution in [2.24, 2.45) is 10.9 Å². The number of para-hydroxylation sites is 1. The Morgan fingerprint density at radius 2 is 2.15 bits per heavy atom. The van der Waals surface area contributed by atoms with E-state index in [0.29, 0.717) is 15.1 Å². The van der Waals surface area contributed by atoms with E-state index in [4.69, 9.17) is 9.47 Å². The van der Waals surface area contributed by atoms with Crippen molar-refractivity contribution in [1.82, 2.24) is 9.47 Å². The van der Waals surface area contributed by atoms with Crippen LogP contribution in [0.15, 0.2) is 34.1 Å². The van der Waals surface area contributed by atoms with Crippen molar-refractivity contribution in [2.45, 2.75) is 18.7 Å². The first-order valence-electron chi connectivity index (χ1n) is 8.21. The fourth-order valence-corrected chi connectivity index (χ4v) is 4.82. The van der Waals surface area contributed by atoms with Crippen LogP contribution in [0, 0.1) is 5.92 Å². The summed E-state index contributed by atoms with van der Waals surface area (Å²) in [5.74, 6) is -0.558. The molecule has 3 heterocycles. The number of thiazole rings is 1. The highest BCUT2D eigenvalue weighted by Crippen LogP contribution is 2.47. The second-order valence-corrected chi connectivity index (χ2v) is 7.78. The first-order chi connectivity index (χ1) is 12.4. The molecule has 2 bridgehead atoms. The van der Waals surface area contributed by atoms with Gasteiger partial charge >= 0.3 is 5.97 Å². The second kappa shape index (κ2) is 5.70. The molecule has 0 saturated heterocycles. The van der Waals surface area contributed by atoms with Crippen LogP contribution in [0.25, 0.3) is 6.20 Å². The van der Waals surface area contributed by atoms with Gasteiger partial charge in [0, 0.05) is 25.9 Å². The fourth-order valence-electron chi connectivity index (χ4n) is 3.66. The van der Waals surface area contributed by atoms with Crippen molar-refractivity contribution < 1.29 is 14.3 Å². The van der Waals surface area contributed by atoms with Crippen molar-refractivity contribution >= 4 is 23.5 Å². The van der Waals surface area contributed by atoms with Gasteiger partial charge in [-0.05, 0) is 13.0 Å². The first-order valence-corrected chi connectivity index (χ1v) is 9.02. The molecule has 26 heavy (non-hydrogen) atoms. The molecule has 0 aliphatic carbocycles. The van der Waals surface area contributed by atoms with E-state index in [-0.39, 0.29) is 5.56 Å². The lowest BCUT2D eigenvalue weighted by Crippen LogP contribution is -2.58. The van der Waals surface area contributed by atoms with Gasteiger partial charge in [0.2, 0.25) is 5.72 Å². The van der Waals surface area contributed by atoms with Gasteiger partial charge in [0.15, 0.2) is 4.80 Å². The van der Waals surface area contributed by atoms with E-state index in [9.17, 15) is 9.59 Å². The number of methoxy groups -OCH3 is 1. The number of ether oxygens (including phenoxy) is 2. The molecular weight excluding hydrogens is 354 g/mol. The first kappa shape index (κ1) is 16.8. The highest BCUT2D eigenvalue weighted by Gasteiger charge is 2.55. The van der Waals surface area contributed by atoms with Crippen LogP contribution in [0.4, 0.5) is 0 Å². The van der Waals surface area contributed by atoms with Crippen molar-refractivity contribution in [3.05, 3.63) is 49.5 Å². The normalized spacial score (nSPS) is 26.2. The zero-order valence-electron chi connectivity index (χ0n) is 14.9. The lowest BCUT2D eigenvalue weighted by Gasteiger charge is -2.44. The van der Waals surface area contributed by atoms with Crippen LogP contribution in [-0.2, 0) is 9.53 Å². The molecule has 0 spiro atoms. The number of nitrogens with zero attached hydrogens (tertiary/aromatic N) is 3. The maximum absolute atomic E-state index is 13.1. The summed E-state index contributed by atoms with van der Waals surface area (Å²) in [7, 11) is 5.05. The van der Waals surface area contributed by atoms with Gasteiger partial charge in [-0.1, -0.05) is 29.5 Å². The molecule has 2 aromatic rings. The van der Waals surface area contributed by atoms with Gasteiger partial charge in [0.05, 0.1) is 13.2 Å². The highest BCUT2D eigenvalue weighted by molar-refractivity contribution is 7.06. The summed E-state index contributed by atoms with van der Waals surface area (Å²) >= 11 is 1.30. The summed E-state index contributed by atoms with van der Waals surface area (Å²) in [6.45, 7) is 1.76. The van der Waals surface area contributed by atoms with E-state index in [2.05, 4.69) is 4.99 Å². The van der Waals surface area contributed by atoms with Gasteiger partial charge in [0.25, 0.3) is 5.56 Å². The predicted octanol–water partition coefficient (Wildman–Crippen LogP) is 0.330. The standard InChI is InChI=1S/C18H19N3O4S/c1-18-13(16(23)24-4)14(10-7-5-6-8-11(10)25-18)21-15(22)12(9-20(2)3)26-17(21)19-18/h5-9,13-14H,1-4H3. The van der Waals surface area contributed by atoms with Crippen molar-refractivity contribution in [3.8, 4) is 5.75 Å². The zero-order chi connectivity index (χ0) is 18.6. The lowest BCUT2D eigenvalue weighted by molar-refractivity contribution is -0.158. The smallest absolute Gasteiger partial charge is 0.317 e. The highest BCUT2D eigenvalue weighted by atomic mass is 32.1. The van der Waals surface area contributed by atoms with E-state index in [1.807, 2.05) is 43.3 Å². The quantitative estimate of drug-likeness (QED) is 0.710. The summed E-state index contributed by atoms with van der Waals surface area (Å²) in [6.07, 6.45) is 1.76. The number of esters is 1. The molecule has 136 valence electrons. The Labute approximate surface area is 153 Å². The molecule has 0 fully saturated rings. The van der Waals surface area contributed by atoms with Crippen LogP contribution in [0.1, 0.15) is 18.5 Å². The second-order valence-electron chi connectivity index (χ2n) is 6.77. The van der Waals surface area contributed by atoms with E-state index < -0.39 is 23.7 Å². The summed E-state index contributed by atoms with van der Waals surface area (Å²) in [4.78, 5) is 32.7. The minimum Gasteiger partial charge on any atom is -0.469 e. The molecule has 0 N–H and O–H groups in total. The molecule has 7 nitrogen and oxygen atoms in total. The Balaban J connectivity index is 2.08. The van der Waals surface area contributed by atoms with Gasteiger partial charge in [-0.25, -0.2) is 4.99 Å². The molecule has 3 unspecified atom stereocenters. The summed E-state index contributed by atoms with van der Waals surface area (Å²) in [5, 5.41) is 0. The number of benzene rings is 1. The Kier molecular flexibility index (Phi) is 3.69. The number of carbonyl (C=O) groups excluding carboxylic acids is 1. The molecule has 0 saturated carbocycles. The number of carbonyl (C=O) groups is 1.